The zero-order valence-electron chi connectivity index (χ0n) is 16.4. The van der Waals surface area contributed by atoms with Gasteiger partial charge in [-0.2, -0.15) is 5.10 Å². The van der Waals surface area contributed by atoms with Crippen molar-refractivity contribution in [3.05, 3.63) is 66.4 Å². The molecule has 0 bridgehead atoms. The summed E-state index contributed by atoms with van der Waals surface area (Å²) in [4.78, 5) is 16.1. The zero-order valence-corrected chi connectivity index (χ0v) is 18.0. The Labute approximate surface area is 190 Å². The Morgan fingerprint density at radius 2 is 1.87 bits per heavy atom. The van der Waals surface area contributed by atoms with E-state index in [4.69, 9.17) is 15.3 Å². The number of para-hydroxylation sites is 1. The number of rotatable bonds is 5. The number of benzene rings is 2. The number of nitrogens with zero attached hydrogens (tertiary/aromatic N) is 3. The average molecular weight is 458 g/mol. The molecule has 3 N–H and O–H groups in total. The van der Waals surface area contributed by atoms with E-state index >= 15 is 0 Å². The van der Waals surface area contributed by atoms with Gasteiger partial charge in [0.25, 0.3) is 5.91 Å². The van der Waals surface area contributed by atoms with E-state index in [-0.39, 0.29) is 24.8 Å². The number of amides is 1. The normalized spacial score (nSPS) is 13.1. The summed E-state index contributed by atoms with van der Waals surface area (Å²) in [6.45, 7) is 0. The molecule has 160 valence electrons. The fourth-order valence-corrected chi connectivity index (χ4v) is 3.33. The molecule has 1 fully saturated rings. The van der Waals surface area contributed by atoms with Gasteiger partial charge in [-0.15, -0.1) is 24.8 Å². The average Bonchev–Trinajstić information content (AvgIpc) is 3.46. The minimum Gasteiger partial charge on any atom is -0.365 e. The van der Waals surface area contributed by atoms with Gasteiger partial charge in [-0.1, -0.05) is 24.3 Å². The Kier molecular flexibility index (Phi) is 6.80. The van der Waals surface area contributed by atoms with Crippen molar-refractivity contribution in [1.82, 2.24) is 20.2 Å². The monoisotopic (exact) mass is 457 g/mol. The maximum absolute atomic E-state index is 11.3. The fraction of sp³-hybridized carbons (Fsp3) is 0.136. The molecule has 0 radical (unpaired) electrons. The number of carbonyl (C=O) groups excluding carboxylic acids is 1. The standard InChI is InChI=1S/C22H19N5O2.2ClH/c28-20(26-29)11-7-14-6-10-19-17(12-14)18-13-27(16-4-2-1-3-5-16)25-21(18)22(24-19)23-15-8-9-15;;/h1-7,10-13,15,29H,8-9H2,(H,23,24)(H,26,28);2*1H/b11-7+;;. The molecule has 1 aliphatic rings. The lowest BCUT2D eigenvalue weighted by atomic mass is 10.1. The van der Waals surface area contributed by atoms with Crippen molar-refractivity contribution >= 4 is 64.4 Å². The van der Waals surface area contributed by atoms with E-state index in [0.29, 0.717) is 6.04 Å². The third kappa shape index (κ3) is 4.64. The highest BCUT2D eigenvalue weighted by molar-refractivity contribution is 6.09. The molecule has 4 aromatic rings. The quantitative estimate of drug-likeness (QED) is 0.233. The van der Waals surface area contributed by atoms with Crippen LogP contribution in [0.4, 0.5) is 5.82 Å². The van der Waals surface area contributed by atoms with Crippen molar-refractivity contribution in [1.29, 1.82) is 0 Å². The van der Waals surface area contributed by atoms with Gasteiger partial charge in [0.05, 0.1) is 11.2 Å². The largest absolute Gasteiger partial charge is 0.365 e. The summed E-state index contributed by atoms with van der Waals surface area (Å²) >= 11 is 0. The van der Waals surface area contributed by atoms with E-state index in [1.807, 2.05) is 59.4 Å². The maximum atomic E-state index is 11.3. The number of hydroxylamine groups is 1. The highest BCUT2D eigenvalue weighted by Crippen LogP contribution is 2.33. The Hall–Kier alpha value is -3.13. The Morgan fingerprint density at radius 3 is 2.58 bits per heavy atom. The predicted octanol–water partition coefficient (Wildman–Crippen LogP) is 4.51. The molecule has 0 aliphatic heterocycles. The van der Waals surface area contributed by atoms with E-state index in [1.165, 1.54) is 6.08 Å². The first-order valence-electron chi connectivity index (χ1n) is 9.48. The Bertz CT molecular complexity index is 1250. The molecule has 1 aliphatic carbocycles. The number of hydrogen-bond donors (Lipinski definition) is 3. The lowest BCUT2D eigenvalue weighted by Gasteiger charge is -2.07. The summed E-state index contributed by atoms with van der Waals surface area (Å²) in [7, 11) is 0. The molecule has 2 aromatic carbocycles. The highest BCUT2D eigenvalue weighted by Gasteiger charge is 2.24. The highest BCUT2D eigenvalue weighted by atomic mass is 35.5. The Morgan fingerprint density at radius 1 is 1.10 bits per heavy atom. The second kappa shape index (κ2) is 9.34. The molecule has 1 saturated carbocycles. The summed E-state index contributed by atoms with van der Waals surface area (Å²) < 4.78 is 1.87. The van der Waals surface area contributed by atoms with Gasteiger partial charge in [0.2, 0.25) is 0 Å². The van der Waals surface area contributed by atoms with Crippen LogP contribution in [0.15, 0.2) is 60.8 Å². The molecule has 5 rings (SSSR count). The van der Waals surface area contributed by atoms with Crippen molar-refractivity contribution in [2.24, 2.45) is 0 Å². The first kappa shape index (κ1) is 22.6. The van der Waals surface area contributed by atoms with Crippen LogP contribution < -0.4 is 10.8 Å². The topological polar surface area (TPSA) is 92.1 Å². The molecular weight excluding hydrogens is 437 g/mol. The lowest BCUT2D eigenvalue weighted by Crippen LogP contribution is -2.14. The van der Waals surface area contributed by atoms with Crippen LogP contribution in [0.3, 0.4) is 0 Å². The maximum Gasteiger partial charge on any atom is 0.267 e. The second-order valence-electron chi connectivity index (χ2n) is 7.14. The van der Waals surface area contributed by atoms with Crippen LogP contribution >= 0.6 is 24.8 Å². The van der Waals surface area contributed by atoms with Crippen molar-refractivity contribution in [2.75, 3.05) is 5.32 Å². The van der Waals surface area contributed by atoms with Crippen LogP contribution in [0.5, 0.6) is 0 Å². The van der Waals surface area contributed by atoms with Crippen molar-refractivity contribution in [3.8, 4) is 5.69 Å². The van der Waals surface area contributed by atoms with Gasteiger partial charge in [-0.3, -0.25) is 10.0 Å². The number of anilines is 1. The number of nitrogens with one attached hydrogen (secondary N) is 2. The number of hydrogen-bond acceptors (Lipinski definition) is 5. The van der Waals surface area contributed by atoms with E-state index in [1.54, 1.807) is 11.6 Å². The van der Waals surface area contributed by atoms with Crippen LogP contribution in [0, 0.1) is 0 Å². The third-order valence-corrected chi connectivity index (χ3v) is 4.96. The molecule has 0 atom stereocenters. The number of halogens is 2. The minimum absolute atomic E-state index is 0. The number of aromatic nitrogens is 3. The van der Waals surface area contributed by atoms with E-state index in [0.717, 1.165) is 51.7 Å². The SMILES string of the molecule is Cl.Cl.O=C(/C=C/c1ccc2nc(NC3CC3)c3nn(-c4ccccc4)cc3c2c1)NO. The van der Waals surface area contributed by atoms with E-state index in [2.05, 4.69) is 5.32 Å². The molecule has 31 heavy (non-hydrogen) atoms. The van der Waals surface area contributed by atoms with Gasteiger partial charge < -0.3 is 5.32 Å². The summed E-state index contributed by atoms with van der Waals surface area (Å²) in [5.41, 5.74) is 5.09. The van der Waals surface area contributed by atoms with Gasteiger partial charge in [-0.25, -0.2) is 15.1 Å². The second-order valence-corrected chi connectivity index (χ2v) is 7.14. The van der Waals surface area contributed by atoms with Crippen molar-refractivity contribution < 1.29 is 10.0 Å². The molecule has 1 amide bonds. The molecule has 0 unspecified atom stereocenters. The van der Waals surface area contributed by atoms with E-state index < -0.39 is 5.91 Å². The predicted molar refractivity (Wildman–Crippen MR) is 126 cm³/mol. The minimum atomic E-state index is -0.575. The first-order chi connectivity index (χ1) is 14.2. The van der Waals surface area contributed by atoms with E-state index in [9.17, 15) is 4.79 Å². The van der Waals surface area contributed by atoms with Crippen LogP contribution in [0.2, 0.25) is 0 Å². The molecule has 2 heterocycles. The molecule has 9 heteroatoms. The van der Waals surface area contributed by atoms with Gasteiger partial charge in [-0.05, 0) is 48.7 Å². The summed E-state index contributed by atoms with van der Waals surface area (Å²) in [5.74, 6) is 0.224. The first-order valence-corrected chi connectivity index (χ1v) is 9.48. The molecule has 2 aromatic heterocycles. The fourth-order valence-electron chi connectivity index (χ4n) is 3.33. The van der Waals surface area contributed by atoms with Crippen LogP contribution in [0.1, 0.15) is 18.4 Å². The molecule has 0 spiro atoms. The van der Waals surface area contributed by atoms with Gasteiger partial charge >= 0.3 is 0 Å². The molecule has 7 nitrogen and oxygen atoms in total. The number of carbonyl (C=O) groups is 1. The lowest BCUT2D eigenvalue weighted by molar-refractivity contribution is -0.124. The van der Waals surface area contributed by atoms with Crippen molar-refractivity contribution in [3.63, 3.8) is 0 Å². The molecule has 0 saturated heterocycles. The van der Waals surface area contributed by atoms with Crippen LogP contribution in [0.25, 0.3) is 33.6 Å². The third-order valence-electron chi connectivity index (χ3n) is 4.96. The van der Waals surface area contributed by atoms with Crippen LogP contribution in [-0.2, 0) is 4.79 Å². The smallest absolute Gasteiger partial charge is 0.267 e. The van der Waals surface area contributed by atoms with Crippen molar-refractivity contribution in [2.45, 2.75) is 18.9 Å². The number of pyridine rings is 1. The van der Waals surface area contributed by atoms with Gasteiger partial charge in [0.1, 0.15) is 5.52 Å². The zero-order chi connectivity index (χ0) is 19.8. The summed E-state index contributed by atoms with van der Waals surface area (Å²) in [6, 6.07) is 16.2. The molecular formula is C22H21Cl2N5O2. The van der Waals surface area contributed by atoms with Gasteiger partial charge in [0, 0.05) is 29.1 Å². The summed E-state index contributed by atoms with van der Waals surface area (Å²) in [6.07, 6.45) is 7.24. The van der Waals surface area contributed by atoms with Gasteiger partial charge in [0.15, 0.2) is 5.82 Å². The summed E-state index contributed by atoms with van der Waals surface area (Å²) in [5, 5.41) is 18.9. The van der Waals surface area contributed by atoms with Crippen LogP contribution in [-0.4, -0.2) is 31.9 Å². The number of fused-ring (bicyclic) bond motifs is 3. The Balaban J connectivity index is 0.00000136.